The summed E-state index contributed by atoms with van der Waals surface area (Å²) < 4.78 is 59.4. The average Bonchev–Trinajstić information content (AvgIpc) is 2.78. The van der Waals surface area contributed by atoms with Crippen LogP contribution in [0.2, 0.25) is 0 Å². The number of hydrogen-bond donors (Lipinski definition) is 1. The molecule has 1 atom stereocenters. The van der Waals surface area contributed by atoms with Crippen LogP contribution in [0.4, 0.5) is 17.6 Å². The second-order valence-electron chi connectivity index (χ2n) is 7.49. The second-order valence-corrected chi connectivity index (χ2v) is 7.49. The van der Waals surface area contributed by atoms with E-state index in [0.29, 0.717) is 17.4 Å². The number of ether oxygens (including phenoxy) is 1. The summed E-state index contributed by atoms with van der Waals surface area (Å²) in [7, 11) is 0. The molecular formula is C23H17F4N3O3. The molecule has 2 aromatic heterocycles. The van der Waals surface area contributed by atoms with Gasteiger partial charge in [-0.05, 0) is 48.9 Å². The molecule has 0 saturated heterocycles. The number of Topliss-reactive ketones (excluding diaryl/α,β-unsaturated/α-hetero) is 1. The van der Waals surface area contributed by atoms with Crippen molar-refractivity contribution in [3.05, 3.63) is 88.8 Å². The first-order valence-corrected chi connectivity index (χ1v) is 9.87. The number of nitrogens with one attached hydrogen (secondary N) is 1. The van der Waals surface area contributed by atoms with Crippen LogP contribution in [0, 0.1) is 5.82 Å². The van der Waals surface area contributed by atoms with E-state index in [1.807, 2.05) is 0 Å². The molecule has 0 bridgehead atoms. The molecule has 3 heterocycles. The van der Waals surface area contributed by atoms with Gasteiger partial charge >= 0.3 is 6.18 Å². The number of hydrogen-bond acceptors (Lipinski definition) is 5. The van der Waals surface area contributed by atoms with Crippen LogP contribution in [-0.4, -0.2) is 28.3 Å². The first kappa shape index (κ1) is 22.4. The van der Waals surface area contributed by atoms with E-state index in [1.54, 1.807) is 12.1 Å². The van der Waals surface area contributed by atoms with Gasteiger partial charge in [0.05, 0.1) is 12.2 Å². The van der Waals surface area contributed by atoms with Crippen molar-refractivity contribution >= 4 is 11.7 Å². The molecule has 1 N–H and O–H groups in total. The van der Waals surface area contributed by atoms with Gasteiger partial charge in [-0.25, -0.2) is 4.39 Å². The second kappa shape index (κ2) is 8.27. The Balaban J connectivity index is 1.81. The van der Waals surface area contributed by atoms with Crippen molar-refractivity contribution in [2.75, 3.05) is 6.61 Å². The van der Waals surface area contributed by atoms with Gasteiger partial charge in [0.1, 0.15) is 28.5 Å². The molecule has 1 aliphatic rings. The lowest BCUT2D eigenvalue weighted by molar-refractivity contribution is -0.140. The Morgan fingerprint density at radius 3 is 2.55 bits per heavy atom. The van der Waals surface area contributed by atoms with Gasteiger partial charge < -0.3 is 10.1 Å². The van der Waals surface area contributed by atoms with E-state index in [9.17, 15) is 27.2 Å². The molecular weight excluding hydrogens is 442 g/mol. The largest absolute Gasteiger partial charge is 0.491 e. The van der Waals surface area contributed by atoms with E-state index in [4.69, 9.17) is 4.74 Å². The Morgan fingerprint density at radius 1 is 1.12 bits per heavy atom. The standard InChI is InChI=1S/C23H17F4N3O3/c1-13(31)14-4-7-18(29-12-14)21(32)30-22(8-10-33-19-3-2-9-28-20(19)22)15-5-6-16(17(24)11-15)23(25,26)27/h2-7,9,11-12H,8,10H2,1H3,(H,30,32). The number of benzene rings is 1. The number of amides is 1. The van der Waals surface area contributed by atoms with Crippen molar-refractivity contribution in [3.63, 3.8) is 0 Å². The highest BCUT2D eigenvalue weighted by atomic mass is 19.4. The number of alkyl halides is 3. The van der Waals surface area contributed by atoms with Crippen molar-refractivity contribution in [2.24, 2.45) is 0 Å². The van der Waals surface area contributed by atoms with Crippen molar-refractivity contribution < 1.29 is 31.9 Å². The predicted octanol–water partition coefficient (Wildman–Crippen LogP) is 4.29. The van der Waals surface area contributed by atoms with Crippen molar-refractivity contribution in [1.29, 1.82) is 0 Å². The van der Waals surface area contributed by atoms with E-state index in [-0.39, 0.29) is 35.8 Å². The maximum Gasteiger partial charge on any atom is 0.419 e. The van der Waals surface area contributed by atoms with Crippen LogP contribution in [0.25, 0.3) is 0 Å². The predicted molar refractivity (Wildman–Crippen MR) is 108 cm³/mol. The Bertz CT molecular complexity index is 1230. The zero-order chi connectivity index (χ0) is 23.8. The number of pyridine rings is 2. The highest BCUT2D eigenvalue weighted by Crippen LogP contribution is 2.42. The molecule has 33 heavy (non-hydrogen) atoms. The first-order valence-electron chi connectivity index (χ1n) is 9.87. The molecule has 0 radical (unpaired) electrons. The zero-order valence-electron chi connectivity index (χ0n) is 17.2. The van der Waals surface area contributed by atoms with Gasteiger partial charge in [0.2, 0.25) is 0 Å². The number of fused-ring (bicyclic) bond motifs is 1. The number of carbonyl (C=O) groups excluding carboxylic acids is 2. The van der Waals surface area contributed by atoms with Crippen LogP contribution < -0.4 is 10.1 Å². The summed E-state index contributed by atoms with van der Waals surface area (Å²) in [6.07, 6.45) is -2.10. The minimum Gasteiger partial charge on any atom is -0.491 e. The molecule has 1 aromatic carbocycles. The van der Waals surface area contributed by atoms with Gasteiger partial charge in [-0.3, -0.25) is 19.6 Å². The van der Waals surface area contributed by atoms with Crippen LogP contribution in [0.3, 0.4) is 0 Å². The summed E-state index contributed by atoms with van der Waals surface area (Å²) in [4.78, 5) is 32.8. The van der Waals surface area contributed by atoms with Crippen LogP contribution in [0.5, 0.6) is 5.75 Å². The summed E-state index contributed by atoms with van der Waals surface area (Å²) in [5.74, 6) is -2.07. The fraction of sp³-hybridized carbons (Fsp3) is 0.217. The van der Waals surface area contributed by atoms with Crippen LogP contribution in [0.1, 0.15) is 51.0 Å². The van der Waals surface area contributed by atoms with Crippen LogP contribution in [-0.2, 0) is 11.7 Å². The lowest BCUT2D eigenvalue weighted by atomic mass is 9.80. The van der Waals surface area contributed by atoms with E-state index >= 15 is 0 Å². The number of halogens is 4. The molecule has 0 saturated carbocycles. The third kappa shape index (κ3) is 4.15. The summed E-state index contributed by atoms with van der Waals surface area (Å²) >= 11 is 0. The van der Waals surface area contributed by atoms with E-state index in [0.717, 1.165) is 12.1 Å². The fourth-order valence-electron chi connectivity index (χ4n) is 3.74. The van der Waals surface area contributed by atoms with Crippen molar-refractivity contribution in [3.8, 4) is 5.75 Å². The van der Waals surface area contributed by atoms with Gasteiger partial charge in [-0.1, -0.05) is 6.07 Å². The monoisotopic (exact) mass is 459 g/mol. The van der Waals surface area contributed by atoms with Crippen LogP contribution in [0.15, 0.2) is 54.9 Å². The highest BCUT2D eigenvalue weighted by Gasteiger charge is 2.44. The van der Waals surface area contributed by atoms with Gasteiger partial charge in [0.15, 0.2) is 5.78 Å². The topological polar surface area (TPSA) is 81.2 Å². The zero-order valence-corrected chi connectivity index (χ0v) is 17.2. The van der Waals surface area contributed by atoms with Gasteiger partial charge in [0.25, 0.3) is 5.91 Å². The molecule has 10 heteroatoms. The molecule has 0 spiro atoms. The lowest BCUT2D eigenvalue weighted by Crippen LogP contribution is -2.50. The molecule has 6 nitrogen and oxygen atoms in total. The third-order valence-corrected chi connectivity index (χ3v) is 5.41. The maximum absolute atomic E-state index is 14.5. The molecule has 1 aliphatic heterocycles. The summed E-state index contributed by atoms with van der Waals surface area (Å²) in [5, 5.41) is 2.78. The highest BCUT2D eigenvalue weighted by molar-refractivity contribution is 5.96. The van der Waals surface area contributed by atoms with Gasteiger partial charge in [-0.15, -0.1) is 0 Å². The number of ketones is 1. The number of rotatable bonds is 4. The van der Waals surface area contributed by atoms with E-state index in [2.05, 4.69) is 15.3 Å². The smallest absolute Gasteiger partial charge is 0.419 e. The first-order chi connectivity index (χ1) is 15.6. The Morgan fingerprint density at radius 2 is 1.91 bits per heavy atom. The molecule has 0 fully saturated rings. The summed E-state index contributed by atoms with van der Waals surface area (Å²) in [6, 6.07) is 8.49. The number of nitrogens with zero attached hydrogens (tertiary/aromatic N) is 2. The molecule has 1 unspecified atom stereocenters. The van der Waals surface area contributed by atoms with E-state index in [1.165, 1.54) is 31.5 Å². The summed E-state index contributed by atoms with van der Waals surface area (Å²) in [6.45, 7) is 1.45. The van der Waals surface area contributed by atoms with Crippen LogP contribution >= 0.6 is 0 Å². The molecule has 0 aliphatic carbocycles. The minimum atomic E-state index is -4.87. The quantitative estimate of drug-likeness (QED) is 0.465. The summed E-state index contributed by atoms with van der Waals surface area (Å²) in [5.41, 5.74) is -2.31. The molecule has 1 amide bonds. The Hall–Kier alpha value is -3.82. The number of aromatic nitrogens is 2. The Labute approximate surface area is 185 Å². The number of carbonyl (C=O) groups is 2. The Kier molecular flexibility index (Phi) is 5.61. The average molecular weight is 459 g/mol. The SMILES string of the molecule is CC(=O)c1ccc(C(=O)NC2(c3ccc(C(F)(F)F)c(F)c3)CCOc3cccnc32)nc1. The molecule has 3 aromatic rings. The van der Waals surface area contributed by atoms with Gasteiger partial charge in [0, 0.05) is 24.4 Å². The third-order valence-electron chi connectivity index (χ3n) is 5.41. The fourth-order valence-corrected chi connectivity index (χ4v) is 3.74. The molecule has 4 rings (SSSR count). The van der Waals surface area contributed by atoms with E-state index < -0.39 is 29.0 Å². The maximum atomic E-state index is 14.5. The van der Waals surface area contributed by atoms with Crippen molar-refractivity contribution in [1.82, 2.24) is 15.3 Å². The van der Waals surface area contributed by atoms with Gasteiger partial charge in [-0.2, -0.15) is 13.2 Å². The molecule has 170 valence electrons. The van der Waals surface area contributed by atoms with Crippen molar-refractivity contribution in [2.45, 2.75) is 25.1 Å². The minimum absolute atomic E-state index is 0.0317. The normalized spacial score (nSPS) is 17.6. The lowest BCUT2D eigenvalue weighted by Gasteiger charge is -2.39.